The van der Waals surface area contributed by atoms with Gasteiger partial charge in [-0.3, -0.25) is 4.98 Å². The summed E-state index contributed by atoms with van der Waals surface area (Å²) < 4.78 is 0. The van der Waals surface area contributed by atoms with Gasteiger partial charge in [0.2, 0.25) is 0 Å². The number of hydrogen-bond donors (Lipinski definition) is 1. The van der Waals surface area contributed by atoms with Crippen LogP contribution >= 0.6 is 11.8 Å². The van der Waals surface area contributed by atoms with Crippen LogP contribution in [-0.2, 0) is 0 Å². The van der Waals surface area contributed by atoms with Crippen molar-refractivity contribution in [2.45, 2.75) is 50.5 Å². The smallest absolute Gasteiger partial charge is 0.0278 e. The third kappa shape index (κ3) is 7.40. The Morgan fingerprint density at radius 1 is 1.29 bits per heavy atom. The molecule has 1 heterocycles. The fourth-order valence-corrected chi connectivity index (χ4v) is 2.48. The molecule has 1 unspecified atom stereocenters. The Labute approximate surface area is 110 Å². The van der Waals surface area contributed by atoms with Crippen molar-refractivity contribution in [3.63, 3.8) is 0 Å². The lowest BCUT2D eigenvalue weighted by molar-refractivity contribution is 0.502. The van der Waals surface area contributed by atoms with Crippen molar-refractivity contribution >= 4 is 11.8 Å². The molecule has 0 aliphatic heterocycles. The van der Waals surface area contributed by atoms with Gasteiger partial charge in [-0.25, -0.2) is 0 Å². The van der Waals surface area contributed by atoms with Gasteiger partial charge in [0, 0.05) is 35.6 Å². The van der Waals surface area contributed by atoms with E-state index in [0.29, 0.717) is 6.04 Å². The standard InChI is InChI=1S/C14H24N2S/c1-3-4-5-6-13(2)16-11-12-17-14-7-9-15-10-8-14/h7-10,13,16H,3-6,11-12H2,1-2H3. The number of pyridine rings is 1. The lowest BCUT2D eigenvalue weighted by Crippen LogP contribution is -2.28. The summed E-state index contributed by atoms with van der Waals surface area (Å²) in [5, 5.41) is 3.58. The highest BCUT2D eigenvalue weighted by atomic mass is 32.2. The molecule has 0 amide bonds. The largest absolute Gasteiger partial charge is 0.313 e. The summed E-state index contributed by atoms with van der Waals surface area (Å²) in [6.45, 7) is 5.62. The summed E-state index contributed by atoms with van der Waals surface area (Å²) in [7, 11) is 0. The summed E-state index contributed by atoms with van der Waals surface area (Å²) in [5.41, 5.74) is 0. The van der Waals surface area contributed by atoms with Crippen LogP contribution in [0.2, 0.25) is 0 Å². The Bertz CT molecular complexity index is 277. The molecule has 0 spiro atoms. The summed E-state index contributed by atoms with van der Waals surface area (Å²) in [6, 6.07) is 4.78. The Morgan fingerprint density at radius 3 is 2.76 bits per heavy atom. The molecule has 1 atom stereocenters. The van der Waals surface area contributed by atoms with Crippen LogP contribution < -0.4 is 5.32 Å². The molecule has 0 fully saturated rings. The van der Waals surface area contributed by atoms with Crippen LogP contribution in [0.4, 0.5) is 0 Å². The molecule has 96 valence electrons. The third-order valence-electron chi connectivity index (χ3n) is 2.75. The molecule has 1 rings (SSSR count). The van der Waals surface area contributed by atoms with Gasteiger partial charge < -0.3 is 5.32 Å². The molecule has 3 heteroatoms. The van der Waals surface area contributed by atoms with Crippen LogP contribution in [0.1, 0.15) is 39.5 Å². The number of aromatic nitrogens is 1. The molecule has 1 aromatic heterocycles. The van der Waals surface area contributed by atoms with E-state index < -0.39 is 0 Å². The van der Waals surface area contributed by atoms with E-state index in [1.807, 2.05) is 24.2 Å². The molecular formula is C14H24N2S. The number of thioether (sulfide) groups is 1. The maximum absolute atomic E-state index is 4.01. The van der Waals surface area contributed by atoms with Gasteiger partial charge >= 0.3 is 0 Å². The lowest BCUT2D eigenvalue weighted by atomic mass is 10.1. The highest BCUT2D eigenvalue weighted by Crippen LogP contribution is 2.15. The second-order valence-corrected chi connectivity index (χ2v) is 5.55. The number of rotatable bonds is 9. The first-order valence-corrected chi connectivity index (χ1v) is 7.57. The molecule has 0 bridgehead atoms. The summed E-state index contributed by atoms with van der Waals surface area (Å²) >= 11 is 1.89. The zero-order chi connectivity index (χ0) is 12.3. The van der Waals surface area contributed by atoms with E-state index in [0.717, 1.165) is 12.3 Å². The van der Waals surface area contributed by atoms with Gasteiger partial charge in [0.25, 0.3) is 0 Å². The third-order valence-corrected chi connectivity index (χ3v) is 3.77. The van der Waals surface area contributed by atoms with Crippen LogP contribution in [0.25, 0.3) is 0 Å². The highest BCUT2D eigenvalue weighted by molar-refractivity contribution is 7.99. The SMILES string of the molecule is CCCCCC(C)NCCSc1ccncc1. The number of hydrogen-bond acceptors (Lipinski definition) is 3. The number of nitrogens with zero attached hydrogens (tertiary/aromatic N) is 1. The molecule has 1 N–H and O–H groups in total. The van der Waals surface area contributed by atoms with Crippen molar-refractivity contribution in [3.8, 4) is 0 Å². The molecule has 0 aliphatic rings. The quantitative estimate of drug-likeness (QED) is 0.535. The Hall–Kier alpha value is -0.540. The molecule has 17 heavy (non-hydrogen) atoms. The summed E-state index contributed by atoms with van der Waals surface area (Å²) in [5.74, 6) is 1.13. The van der Waals surface area contributed by atoms with Gasteiger partial charge in [0.1, 0.15) is 0 Å². The molecular weight excluding hydrogens is 228 g/mol. The maximum Gasteiger partial charge on any atom is 0.0278 e. The van der Waals surface area contributed by atoms with Crippen LogP contribution in [0.5, 0.6) is 0 Å². The predicted molar refractivity (Wildman–Crippen MR) is 76.6 cm³/mol. The number of unbranched alkanes of at least 4 members (excludes halogenated alkanes) is 2. The molecule has 2 nitrogen and oxygen atoms in total. The molecule has 0 saturated carbocycles. The van der Waals surface area contributed by atoms with E-state index in [9.17, 15) is 0 Å². The molecule has 0 radical (unpaired) electrons. The van der Waals surface area contributed by atoms with Gasteiger partial charge in [-0.1, -0.05) is 26.2 Å². The fourth-order valence-electron chi connectivity index (χ4n) is 1.71. The minimum Gasteiger partial charge on any atom is -0.313 e. The van der Waals surface area contributed by atoms with Gasteiger partial charge in [-0.2, -0.15) is 0 Å². The number of nitrogens with one attached hydrogen (secondary N) is 1. The van der Waals surface area contributed by atoms with Crippen LogP contribution in [-0.4, -0.2) is 23.3 Å². The normalized spacial score (nSPS) is 12.6. The van der Waals surface area contributed by atoms with Crippen molar-refractivity contribution in [1.29, 1.82) is 0 Å². The maximum atomic E-state index is 4.01. The van der Waals surface area contributed by atoms with Crippen molar-refractivity contribution < 1.29 is 0 Å². The van der Waals surface area contributed by atoms with E-state index in [1.54, 1.807) is 0 Å². The van der Waals surface area contributed by atoms with Crippen molar-refractivity contribution in [2.75, 3.05) is 12.3 Å². The first-order valence-electron chi connectivity index (χ1n) is 6.59. The van der Waals surface area contributed by atoms with Crippen molar-refractivity contribution in [1.82, 2.24) is 10.3 Å². The molecule has 0 saturated heterocycles. The minimum atomic E-state index is 0.652. The highest BCUT2D eigenvalue weighted by Gasteiger charge is 2.00. The Kier molecular flexibility index (Phi) is 8.10. The first kappa shape index (κ1) is 14.5. The van der Waals surface area contributed by atoms with Crippen LogP contribution in [0.15, 0.2) is 29.4 Å². The minimum absolute atomic E-state index is 0.652. The monoisotopic (exact) mass is 252 g/mol. The van der Waals surface area contributed by atoms with Crippen LogP contribution in [0.3, 0.4) is 0 Å². The topological polar surface area (TPSA) is 24.9 Å². The zero-order valence-corrected chi connectivity index (χ0v) is 11.8. The molecule has 0 aliphatic carbocycles. The van der Waals surface area contributed by atoms with Gasteiger partial charge in [0.05, 0.1) is 0 Å². The van der Waals surface area contributed by atoms with Gasteiger partial charge in [0.15, 0.2) is 0 Å². The first-order chi connectivity index (χ1) is 8.33. The average molecular weight is 252 g/mol. The molecule has 1 aromatic rings. The average Bonchev–Trinajstić information content (AvgIpc) is 2.36. The van der Waals surface area contributed by atoms with Crippen molar-refractivity contribution in [2.24, 2.45) is 0 Å². The summed E-state index contributed by atoms with van der Waals surface area (Å²) in [4.78, 5) is 5.32. The van der Waals surface area contributed by atoms with Crippen LogP contribution in [0, 0.1) is 0 Å². The second kappa shape index (κ2) is 9.49. The Morgan fingerprint density at radius 2 is 2.06 bits per heavy atom. The van der Waals surface area contributed by atoms with E-state index in [1.165, 1.54) is 30.6 Å². The van der Waals surface area contributed by atoms with Crippen molar-refractivity contribution in [3.05, 3.63) is 24.5 Å². The van der Waals surface area contributed by atoms with E-state index in [2.05, 4.69) is 36.3 Å². The summed E-state index contributed by atoms with van der Waals surface area (Å²) in [6.07, 6.45) is 9.02. The fraction of sp³-hybridized carbons (Fsp3) is 0.643. The zero-order valence-electron chi connectivity index (χ0n) is 11.0. The molecule has 0 aromatic carbocycles. The van der Waals surface area contributed by atoms with Gasteiger partial charge in [-0.05, 0) is 25.5 Å². The Balaban J connectivity index is 2.00. The van der Waals surface area contributed by atoms with E-state index in [4.69, 9.17) is 0 Å². The van der Waals surface area contributed by atoms with E-state index in [-0.39, 0.29) is 0 Å². The van der Waals surface area contributed by atoms with E-state index >= 15 is 0 Å². The second-order valence-electron chi connectivity index (χ2n) is 4.38. The lowest BCUT2D eigenvalue weighted by Gasteiger charge is -2.13. The predicted octanol–water partition coefficient (Wildman–Crippen LogP) is 3.73. The van der Waals surface area contributed by atoms with Gasteiger partial charge in [-0.15, -0.1) is 11.8 Å².